The van der Waals surface area contributed by atoms with E-state index >= 15 is 0 Å². The summed E-state index contributed by atoms with van der Waals surface area (Å²) >= 11 is 0. The molecule has 0 spiro atoms. The topological polar surface area (TPSA) is 58.6 Å². The van der Waals surface area contributed by atoms with Crippen LogP contribution in [0, 0.1) is 20.8 Å². The zero-order chi connectivity index (χ0) is 26.2. The summed E-state index contributed by atoms with van der Waals surface area (Å²) in [6.45, 7) is 6.32. The van der Waals surface area contributed by atoms with E-state index < -0.39 is 6.04 Å². The second-order valence-corrected chi connectivity index (χ2v) is 10.2. The molecule has 1 N–H and O–H groups in total. The van der Waals surface area contributed by atoms with Gasteiger partial charge in [-0.25, -0.2) is 0 Å². The lowest BCUT2D eigenvalue weighted by Gasteiger charge is -2.32. The molecule has 5 heteroatoms. The lowest BCUT2D eigenvalue weighted by Crippen LogP contribution is -2.53. The largest absolute Gasteiger partial charge is 0.484 e. The maximum atomic E-state index is 13.8. The highest BCUT2D eigenvalue weighted by molar-refractivity contribution is 5.88. The van der Waals surface area contributed by atoms with Crippen LogP contribution in [0.4, 0.5) is 0 Å². The Morgan fingerprint density at radius 3 is 2.30 bits per heavy atom. The van der Waals surface area contributed by atoms with Crippen molar-refractivity contribution in [3.8, 4) is 5.75 Å². The standard InChI is InChI=1S/C32H38N2O3/c1-23-17-18-29(19-25(23)3)37-22-31(35)34(21-27-14-8-7-11-24(27)2)30(20-26-12-5-4-6-13-26)32(36)33-28-15-9-10-16-28/h4-8,11-14,17-19,28,30H,9-10,15-16,20-22H2,1-3H3,(H,33,36)/t30-/m0/s1. The first kappa shape index (κ1) is 26.5. The second-order valence-electron chi connectivity index (χ2n) is 10.2. The van der Waals surface area contributed by atoms with E-state index in [-0.39, 0.29) is 24.5 Å². The van der Waals surface area contributed by atoms with Crippen LogP contribution in [-0.2, 0) is 22.6 Å². The molecule has 0 aliphatic heterocycles. The minimum Gasteiger partial charge on any atom is -0.484 e. The summed E-state index contributed by atoms with van der Waals surface area (Å²) in [5.74, 6) is 0.357. The molecule has 0 saturated heterocycles. The van der Waals surface area contributed by atoms with Crippen molar-refractivity contribution in [3.63, 3.8) is 0 Å². The highest BCUT2D eigenvalue weighted by Gasteiger charge is 2.32. The van der Waals surface area contributed by atoms with Crippen LogP contribution in [0.15, 0.2) is 72.8 Å². The van der Waals surface area contributed by atoms with E-state index in [1.807, 2.05) is 93.6 Å². The lowest BCUT2D eigenvalue weighted by molar-refractivity contribution is -0.143. The lowest BCUT2D eigenvalue weighted by atomic mass is 10.0. The number of ether oxygens (including phenoxy) is 1. The predicted molar refractivity (Wildman–Crippen MR) is 147 cm³/mol. The van der Waals surface area contributed by atoms with Crippen molar-refractivity contribution in [2.24, 2.45) is 0 Å². The maximum absolute atomic E-state index is 13.8. The summed E-state index contributed by atoms with van der Waals surface area (Å²) in [6, 6.07) is 23.3. The molecule has 0 radical (unpaired) electrons. The third-order valence-electron chi connectivity index (χ3n) is 7.42. The number of benzene rings is 3. The maximum Gasteiger partial charge on any atom is 0.261 e. The van der Waals surface area contributed by atoms with Gasteiger partial charge in [0.05, 0.1) is 0 Å². The normalized spacial score (nSPS) is 14.2. The van der Waals surface area contributed by atoms with Gasteiger partial charge in [0.1, 0.15) is 11.8 Å². The number of nitrogens with zero attached hydrogens (tertiary/aromatic N) is 1. The van der Waals surface area contributed by atoms with Gasteiger partial charge in [0.15, 0.2) is 6.61 Å². The molecular weight excluding hydrogens is 460 g/mol. The molecule has 194 valence electrons. The fourth-order valence-electron chi connectivity index (χ4n) is 4.92. The first-order valence-electron chi connectivity index (χ1n) is 13.3. The number of carbonyl (C=O) groups excluding carboxylic acids is 2. The minimum absolute atomic E-state index is 0.0936. The number of nitrogens with one attached hydrogen (secondary N) is 1. The van der Waals surface area contributed by atoms with Crippen molar-refractivity contribution >= 4 is 11.8 Å². The van der Waals surface area contributed by atoms with E-state index in [0.29, 0.717) is 18.7 Å². The van der Waals surface area contributed by atoms with Crippen molar-refractivity contribution in [2.75, 3.05) is 6.61 Å². The predicted octanol–water partition coefficient (Wildman–Crippen LogP) is 5.69. The van der Waals surface area contributed by atoms with Gasteiger partial charge in [-0.05, 0) is 73.6 Å². The van der Waals surface area contributed by atoms with Gasteiger partial charge in [0.2, 0.25) is 5.91 Å². The van der Waals surface area contributed by atoms with E-state index in [9.17, 15) is 9.59 Å². The molecule has 0 bridgehead atoms. The Balaban J connectivity index is 1.62. The van der Waals surface area contributed by atoms with Gasteiger partial charge in [-0.1, -0.05) is 73.5 Å². The Bertz CT molecular complexity index is 1200. The molecule has 0 aromatic heterocycles. The summed E-state index contributed by atoms with van der Waals surface area (Å²) in [6.07, 6.45) is 4.69. The van der Waals surface area contributed by atoms with E-state index in [2.05, 4.69) is 5.32 Å². The smallest absolute Gasteiger partial charge is 0.261 e. The molecule has 2 amide bonds. The van der Waals surface area contributed by atoms with Crippen LogP contribution in [0.5, 0.6) is 5.75 Å². The van der Waals surface area contributed by atoms with Crippen LogP contribution in [0.25, 0.3) is 0 Å². The van der Waals surface area contributed by atoms with Crippen molar-refractivity contribution in [3.05, 3.63) is 101 Å². The molecule has 1 aliphatic carbocycles. The molecule has 3 aromatic carbocycles. The van der Waals surface area contributed by atoms with Crippen LogP contribution in [0.3, 0.4) is 0 Å². The van der Waals surface area contributed by atoms with Gasteiger partial charge in [0.25, 0.3) is 5.91 Å². The van der Waals surface area contributed by atoms with Gasteiger partial charge >= 0.3 is 0 Å². The molecule has 1 aliphatic rings. The Hall–Kier alpha value is -3.60. The monoisotopic (exact) mass is 498 g/mol. The Labute approximate surface area is 220 Å². The van der Waals surface area contributed by atoms with Crippen molar-refractivity contribution in [1.29, 1.82) is 0 Å². The van der Waals surface area contributed by atoms with Crippen LogP contribution in [0.2, 0.25) is 0 Å². The quantitative estimate of drug-likeness (QED) is 0.391. The van der Waals surface area contributed by atoms with Crippen molar-refractivity contribution in [1.82, 2.24) is 10.2 Å². The summed E-state index contributed by atoms with van der Waals surface area (Å²) in [5.41, 5.74) is 5.41. The first-order chi connectivity index (χ1) is 17.9. The van der Waals surface area contributed by atoms with E-state index in [4.69, 9.17) is 4.74 Å². The Kier molecular flexibility index (Phi) is 8.99. The summed E-state index contributed by atoms with van der Waals surface area (Å²) in [5, 5.41) is 3.25. The van der Waals surface area contributed by atoms with Crippen LogP contribution >= 0.6 is 0 Å². The average Bonchev–Trinajstić information content (AvgIpc) is 3.41. The Morgan fingerprint density at radius 2 is 1.59 bits per heavy atom. The van der Waals surface area contributed by atoms with E-state index in [1.165, 1.54) is 5.56 Å². The number of hydrogen-bond acceptors (Lipinski definition) is 3. The van der Waals surface area contributed by atoms with Gasteiger partial charge in [-0.2, -0.15) is 0 Å². The first-order valence-corrected chi connectivity index (χ1v) is 13.3. The molecule has 0 heterocycles. The molecule has 5 nitrogen and oxygen atoms in total. The molecule has 1 fully saturated rings. The minimum atomic E-state index is -0.640. The van der Waals surface area contributed by atoms with Gasteiger partial charge in [0, 0.05) is 19.0 Å². The molecule has 3 aromatic rings. The zero-order valence-corrected chi connectivity index (χ0v) is 22.2. The summed E-state index contributed by atoms with van der Waals surface area (Å²) in [4.78, 5) is 29.2. The number of amides is 2. The molecule has 4 rings (SSSR count). The van der Waals surface area contributed by atoms with Gasteiger partial charge in [-0.3, -0.25) is 9.59 Å². The zero-order valence-electron chi connectivity index (χ0n) is 22.2. The van der Waals surface area contributed by atoms with Crippen LogP contribution in [0.1, 0.15) is 53.5 Å². The summed E-state index contributed by atoms with van der Waals surface area (Å²) < 4.78 is 5.94. The third-order valence-corrected chi connectivity index (χ3v) is 7.42. The van der Waals surface area contributed by atoms with Gasteiger partial charge in [-0.15, -0.1) is 0 Å². The SMILES string of the molecule is Cc1ccc(OCC(=O)N(Cc2ccccc2C)[C@@H](Cc2ccccc2)C(=O)NC2CCCC2)cc1C. The van der Waals surface area contributed by atoms with Gasteiger partial charge < -0.3 is 15.0 Å². The average molecular weight is 499 g/mol. The highest BCUT2D eigenvalue weighted by atomic mass is 16.5. The number of aryl methyl sites for hydroxylation is 3. The van der Waals surface area contributed by atoms with E-state index in [1.54, 1.807) is 4.90 Å². The highest BCUT2D eigenvalue weighted by Crippen LogP contribution is 2.22. The molecule has 37 heavy (non-hydrogen) atoms. The second kappa shape index (κ2) is 12.6. The van der Waals surface area contributed by atoms with Crippen LogP contribution < -0.4 is 10.1 Å². The van der Waals surface area contributed by atoms with Crippen LogP contribution in [-0.4, -0.2) is 35.4 Å². The fraction of sp³-hybridized carbons (Fsp3) is 0.375. The third kappa shape index (κ3) is 7.22. The molecular formula is C32H38N2O3. The molecule has 1 saturated carbocycles. The molecule has 0 unspecified atom stereocenters. The summed E-state index contributed by atoms with van der Waals surface area (Å²) in [7, 11) is 0. The van der Waals surface area contributed by atoms with Crippen molar-refractivity contribution < 1.29 is 14.3 Å². The van der Waals surface area contributed by atoms with E-state index in [0.717, 1.165) is 47.9 Å². The van der Waals surface area contributed by atoms with Crippen molar-refractivity contribution in [2.45, 2.75) is 71.5 Å². The number of hydrogen-bond donors (Lipinski definition) is 1. The number of carbonyl (C=O) groups is 2. The molecule has 1 atom stereocenters. The Morgan fingerprint density at radius 1 is 0.892 bits per heavy atom. The number of rotatable bonds is 10. The fourth-order valence-corrected chi connectivity index (χ4v) is 4.92.